The number of nitrogens with zero attached hydrogens (tertiary/aromatic N) is 1. The molecular formula is C25H28N2O4S2. The largest absolute Gasteiger partial charge is 0.492 e. The summed E-state index contributed by atoms with van der Waals surface area (Å²) in [5, 5.41) is 2.74. The lowest BCUT2D eigenvalue weighted by molar-refractivity contribution is -0.119. The van der Waals surface area contributed by atoms with Crippen molar-refractivity contribution in [2.24, 2.45) is 0 Å². The summed E-state index contributed by atoms with van der Waals surface area (Å²) in [6, 6.07) is 21.3. The van der Waals surface area contributed by atoms with E-state index in [0.29, 0.717) is 11.4 Å². The number of rotatable bonds is 10. The van der Waals surface area contributed by atoms with Gasteiger partial charge in [-0.15, -0.1) is 11.8 Å². The molecule has 0 saturated heterocycles. The van der Waals surface area contributed by atoms with Gasteiger partial charge in [-0.05, 0) is 68.6 Å². The summed E-state index contributed by atoms with van der Waals surface area (Å²) in [7, 11) is -3.93. The van der Waals surface area contributed by atoms with Crippen LogP contribution in [0.4, 0.5) is 5.69 Å². The maximum atomic E-state index is 13.4. The van der Waals surface area contributed by atoms with Gasteiger partial charge in [0, 0.05) is 4.90 Å². The first kappa shape index (κ1) is 24.7. The Morgan fingerprint density at radius 2 is 1.48 bits per heavy atom. The van der Waals surface area contributed by atoms with Gasteiger partial charge in [0.15, 0.2) is 0 Å². The zero-order chi connectivity index (χ0) is 23.8. The van der Waals surface area contributed by atoms with Crippen LogP contribution in [0, 0.1) is 13.8 Å². The Kier molecular flexibility index (Phi) is 8.41. The minimum atomic E-state index is -3.93. The topological polar surface area (TPSA) is 75.7 Å². The van der Waals surface area contributed by atoms with Crippen molar-refractivity contribution in [2.45, 2.75) is 23.6 Å². The van der Waals surface area contributed by atoms with Gasteiger partial charge in [-0.3, -0.25) is 9.10 Å². The smallest absolute Gasteiger partial charge is 0.264 e. The first-order valence-electron chi connectivity index (χ1n) is 10.5. The minimum absolute atomic E-state index is 0.136. The fraction of sp³-hybridized carbons (Fsp3) is 0.240. The lowest BCUT2D eigenvalue weighted by Crippen LogP contribution is -2.41. The van der Waals surface area contributed by atoms with Gasteiger partial charge in [-0.25, -0.2) is 8.42 Å². The minimum Gasteiger partial charge on any atom is -0.492 e. The highest BCUT2D eigenvalue weighted by Gasteiger charge is 2.27. The van der Waals surface area contributed by atoms with Gasteiger partial charge in [0.1, 0.15) is 18.9 Å². The van der Waals surface area contributed by atoms with Crippen molar-refractivity contribution in [3.05, 3.63) is 83.9 Å². The zero-order valence-electron chi connectivity index (χ0n) is 18.9. The van der Waals surface area contributed by atoms with Crippen LogP contribution in [0.5, 0.6) is 5.75 Å². The third kappa shape index (κ3) is 6.76. The van der Waals surface area contributed by atoms with Crippen molar-refractivity contribution in [2.75, 3.05) is 30.3 Å². The quantitative estimate of drug-likeness (QED) is 0.341. The van der Waals surface area contributed by atoms with Gasteiger partial charge in [-0.2, -0.15) is 0 Å². The van der Waals surface area contributed by atoms with Crippen molar-refractivity contribution < 1.29 is 17.9 Å². The van der Waals surface area contributed by atoms with Crippen LogP contribution in [0.2, 0.25) is 0 Å². The zero-order valence-corrected chi connectivity index (χ0v) is 20.6. The average Bonchev–Trinajstić information content (AvgIpc) is 2.82. The molecule has 0 fully saturated rings. The molecule has 33 heavy (non-hydrogen) atoms. The number of thioether (sulfide) groups is 1. The lowest BCUT2D eigenvalue weighted by atomic mass is 10.2. The Morgan fingerprint density at radius 1 is 0.909 bits per heavy atom. The van der Waals surface area contributed by atoms with Gasteiger partial charge in [0.25, 0.3) is 10.0 Å². The molecular weight excluding hydrogens is 456 g/mol. The molecule has 6 nitrogen and oxygen atoms in total. The number of aryl methyl sites for hydroxylation is 2. The Balaban J connectivity index is 1.70. The third-order valence-corrected chi connectivity index (χ3v) is 7.50. The molecule has 3 aromatic carbocycles. The fourth-order valence-electron chi connectivity index (χ4n) is 3.08. The number of sulfonamides is 1. The van der Waals surface area contributed by atoms with E-state index >= 15 is 0 Å². The fourth-order valence-corrected chi connectivity index (χ4v) is 4.91. The number of ether oxygens (including phenoxy) is 1. The van der Waals surface area contributed by atoms with Crippen LogP contribution >= 0.6 is 11.8 Å². The summed E-state index contributed by atoms with van der Waals surface area (Å²) in [5.41, 5.74) is 2.56. The molecule has 8 heteroatoms. The van der Waals surface area contributed by atoms with Gasteiger partial charge in [-0.1, -0.05) is 35.4 Å². The van der Waals surface area contributed by atoms with Crippen LogP contribution in [0.15, 0.2) is 82.6 Å². The average molecular weight is 485 g/mol. The lowest BCUT2D eigenvalue weighted by Gasteiger charge is -2.24. The molecule has 174 valence electrons. The molecule has 0 aliphatic heterocycles. The van der Waals surface area contributed by atoms with Crippen molar-refractivity contribution in [1.82, 2.24) is 5.32 Å². The first-order valence-corrected chi connectivity index (χ1v) is 13.2. The van der Waals surface area contributed by atoms with Crippen LogP contribution < -0.4 is 14.4 Å². The molecule has 0 heterocycles. The van der Waals surface area contributed by atoms with Crippen LogP contribution in [0.25, 0.3) is 0 Å². The van der Waals surface area contributed by atoms with Crippen molar-refractivity contribution in [3.63, 3.8) is 0 Å². The second-order valence-electron chi connectivity index (χ2n) is 7.53. The van der Waals surface area contributed by atoms with Crippen LogP contribution in [-0.2, 0) is 14.8 Å². The molecule has 3 aromatic rings. The molecule has 0 radical (unpaired) electrons. The Morgan fingerprint density at radius 3 is 2.06 bits per heavy atom. The van der Waals surface area contributed by atoms with Crippen molar-refractivity contribution >= 4 is 33.4 Å². The number of carbonyl (C=O) groups is 1. The molecule has 0 spiro atoms. The van der Waals surface area contributed by atoms with E-state index in [2.05, 4.69) is 5.32 Å². The first-order chi connectivity index (χ1) is 15.8. The van der Waals surface area contributed by atoms with E-state index < -0.39 is 15.9 Å². The molecule has 0 unspecified atom stereocenters. The summed E-state index contributed by atoms with van der Waals surface area (Å²) in [6.07, 6.45) is 1.93. The number of anilines is 1. The van der Waals surface area contributed by atoms with E-state index in [0.717, 1.165) is 20.3 Å². The summed E-state index contributed by atoms with van der Waals surface area (Å²) < 4.78 is 33.6. The SMILES string of the molecule is CSc1ccc(S(=O)(=O)N(CC(=O)NCCOc2ccc(C)cc2)c2ccc(C)cc2)cc1. The number of benzene rings is 3. The van der Waals surface area contributed by atoms with Crippen LogP contribution in [0.3, 0.4) is 0 Å². The Hall–Kier alpha value is -2.97. The number of carbonyl (C=O) groups excluding carboxylic acids is 1. The molecule has 0 saturated carbocycles. The number of hydrogen-bond donors (Lipinski definition) is 1. The Labute approximate surface area is 200 Å². The highest BCUT2D eigenvalue weighted by atomic mass is 32.2. The predicted molar refractivity (Wildman–Crippen MR) is 134 cm³/mol. The van der Waals surface area contributed by atoms with Gasteiger partial charge in [0.05, 0.1) is 17.1 Å². The summed E-state index contributed by atoms with van der Waals surface area (Å²) in [5.74, 6) is 0.305. The second kappa shape index (κ2) is 11.2. The van der Waals surface area contributed by atoms with Gasteiger partial charge in [0.2, 0.25) is 5.91 Å². The number of nitrogens with one attached hydrogen (secondary N) is 1. The van der Waals surface area contributed by atoms with Crippen molar-refractivity contribution in [3.8, 4) is 5.75 Å². The summed E-state index contributed by atoms with van der Waals surface area (Å²) >= 11 is 1.53. The normalized spacial score (nSPS) is 11.1. The van der Waals surface area contributed by atoms with Crippen molar-refractivity contribution in [1.29, 1.82) is 0 Å². The molecule has 0 bridgehead atoms. The van der Waals surface area contributed by atoms with E-state index in [1.165, 1.54) is 11.8 Å². The number of hydrogen-bond acceptors (Lipinski definition) is 5. The molecule has 1 amide bonds. The van der Waals surface area contributed by atoms with E-state index in [1.807, 2.05) is 56.5 Å². The monoisotopic (exact) mass is 484 g/mol. The molecule has 0 aliphatic carbocycles. The van der Waals surface area contributed by atoms with E-state index in [1.54, 1.807) is 36.4 Å². The highest BCUT2D eigenvalue weighted by Crippen LogP contribution is 2.25. The number of amides is 1. The highest BCUT2D eigenvalue weighted by molar-refractivity contribution is 7.98. The third-order valence-electron chi connectivity index (χ3n) is 4.97. The van der Waals surface area contributed by atoms with Gasteiger partial charge < -0.3 is 10.1 Å². The van der Waals surface area contributed by atoms with Crippen LogP contribution in [0.1, 0.15) is 11.1 Å². The summed E-state index contributed by atoms with van der Waals surface area (Å²) in [6.45, 7) is 4.12. The van der Waals surface area contributed by atoms with Gasteiger partial charge >= 0.3 is 0 Å². The predicted octanol–water partition coefficient (Wildman–Crippen LogP) is 4.42. The standard InChI is InChI=1S/C25H28N2O4S2/c1-19-4-8-21(9-5-19)27(33(29,30)24-14-12-23(32-3)13-15-24)18-25(28)26-16-17-31-22-10-6-20(2)7-11-22/h4-15H,16-18H2,1-3H3,(H,26,28). The van der Waals surface area contributed by atoms with E-state index in [4.69, 9.17) is 4.74 Å². The molecule has 1 N–H and O–H groups in total. The molecule has 0 aliphatic rings. The maximum Gasteiger partial charge on any atom is 0.264 e. The molecule has 0 atom stereocenters. The molecule has 3 rings (SSSR count). The van der Waals surface area contributed by atoms with E-state index in [-0.39, 0.29) is 24.6 Å². The second-order valence-corrected chi connectivity index (χ2v) is 10.3. The maximum absolute atomic E-state index is 13.4. The van der Waals surface area contributed by atoms with E-state index in [9.17, 15) is 13.2 Å². The van der Waals surface area contributed by atoms with Crippen LogP contribution in [-0.4, -0.2) is 40.3 Å². The summed E-state index contributed by atoms with van der Waals surface area (Å²) in [4.78, 5) is 13.7. The molecule has 0 aromatic heterocycles. The Bertz CT molecular complexity index is 1160.